The van der Waals surface area contributed by atoms with E-state index in [2.05, 4.69) is 20.1 Å². The van der Waals surface area contributed by atoms with Crippen molar-refractivity contribution in [3.63, 3.8) is 0 Å². The minimum atomic E-state index is -4.83. The Bertz CT molecular complexity index is 1170. The third-order valence-corrected chi connectivity index (χ3v) is 4.29. The van der Waals surface area contributed by atoms with Crippen LogP contribution in [0.5, 0.6) is 5.75 Å². The number of oxazole rings is 1. The van der Waals surface area contributed by atoms with Gasteiger partial charge < -0.3 is 14.5 Å². The van der Waals surface area contributed by atoms with Gasteiger partial charge >= 0.3 is 12.2 Å². The minimum Gasteiger partial charge on any atom is -0.416 e. The van der Waals surface area contributed by atoms with Gasteiger partial charge in [-0.2, -0.15) is 14.6 Å². The van der Waals surface area contributed by atoms with Crippen LogP contribution in [0.4, 0.5) is 13.2 Å². The largest absolute Gasteiger partial charge is 0.573 e. The lowest BCUT2D eigenvalue weighted by Crippen LogP contribution is -2.25. The van der Waals surface area contributed by atoms with Crippen LogP contribution >= 0.6 is 0 Å². The molecule has 30 heavy (non-hydrogen) atoms. The molecule has 2 aromatic carbocycles. The SMILES string of the molecule is O=C(NCc1ccccc1OC(F)(F)F)c1oc2ncnn2c1Cc1ccccc1. The molecule has 4 rings (SSSR count). The van der Waals surface area contributed by atoms with E-state index in [1.54, 1.807) is 6.07 Å². The van der Waals surface area contributed by atoms with Crippen molar-refractivity contribution in [1.29, 1.82) is 0 Å². The number of nitrogens with zero attached hydrogens (tertiary/aromatic N) is 3. The lowest BCUT2D eigenvalue weighted by Gasteiger charge is -2.13. The number of hydrogen-bond acceptors (Lipinski definition) is 5. The molecule has 0 unspecified atom stereocenters. The third-order valence-electron chi connectivity index (χ3n) is 4.29. The number of fused-ring (bicyclic) bond motifs is 1. The van der Waals surface area contributed by atoms with Crippen molar-refractivity contribution in [2.45, 2.75) is 19.3 Å². The highest BCUT2D eigenvalue weighted by atomic mass is 19.4. The number of carbonyl (C=O) groups excluding carboxylic acids is 1. The average Bonchev–Trinajstić information content (AvgIpc) is 3.29. The Labute approximate surface area is 168 Å². The number of aromatic nitrogens is 3. The quantitative estimate of drug-likeness (QED) is 0.518. The number of nitrogens with one attached hydrogen (secondary N) is 1. The lowest BCUT2D eigenvalue weighted by molar-refractivity contribution is -0.274. The molecule has 0 bridgehead atoms. The van der Waals surface area contributed by atoms with Gasteiger partial charge in [0.15, 0.2) is 0 Å². The van der Waals surface area contributed by atoms with Crippen molar-refractivity contribution in [1.82, 2.24) is 19.9 Å². The van der Waals surface area contributed by atoms with Crippen LogP contribution < -0.4 is 10.1 Å². The van der Waals surface area contributed by atoms with Gasteiger partial charge in [0, 0.05) is 18.5 Å². The first kappa shape index (κ1) is 19.5. The van der Waals surface area contributed by atoms with E-state index in [-0.39, 0.29) is 29.5 Å². The molecule has 0 aliphatic carbocycles. The number of para-hydroxylation sites is 1. The van der Waals surface area contributed by atoms with Crippen LogP contribution in [0.15, 0.2) is 65.3 Å². The third kappa shape index (κ3) is 4.27. The number of alkyl halides is 3. The first-order valence-electron chi connectivity index (χ1n) is 8.88. The topological polar surface area (TPSA) is 81.7 Å². The summed E-state index contributed by atoms with van der Waals surface area (Å²) < 4.78 is 48.7. The van der Waals surface area contributed by atoms with E-state index in [9.17, 15) is 18.0 Å². The van der Waals surface area contributed by atoms with Crippen LogP contribution in [-0.2, 0) is 13.0 Å². The van der Waals surface area contributed by atoms with Crippen molar-refractivity contribution in [2.24, 2.45) is 0 Å². The van der Waals surface area contributed by atoms with E-state index in [0.29, 0.717) is 12.1 Å². The second-order valence-corrected chi connectivity index (χ2v) is 6.33. The van der Waals surface area contributed by atoms with E-state index in [1.807, 2.05) is 30.3 Å². The molecule has 0 saturated heterocycles. The number of hydrogen-bond donors (Lipinski definition) is 1. The Morgan fingerprint density at radius 2 is 1.83 bits per heavy atom. The number of benzene rings is 2. The monoisotopic (exact) mass is 416 g/mol. The van der Waals surface area contributed by atoms with Crippen LogP contribution in [0, 0.1) is 0 Å². The van der Waals surface area contributed by atoms with Gasteiger partial charge in [0.05, 0.1) is 0 Å². The highest BCUT2D eigenvalue weighted by Gasteiger charge is 2.32. The van der Waals surface area contributed by atoms with Crippen LogP contribution in [0.1, 0.15) is 27.4 Å². The fraction of sp³-hybridized carbons (Fsp3) is 0.150. The van der Waals surface area contributed by atoms with E-state index in [1.165, 1.54) is 29.0 Å². The highest BCUT2D eigenvalue weighted by Crippen LogP contribution is 2.26. The Hall–Kier alpha value is -3.82. The molecule has 2 aromatic heterocycles. The van der Waals surface area contributed by atoms with E-state index >= 15 is 0 Å². The zero-order chi connectivity index (χ0) is 21.1. The zero-order valence-electron chi connectivity index (χ0n) is 15.4. The molecule has 2 heterocycles. The summed E-state index contributed by atoms with van der Waals surface area (Å²) in [6.07, 6.45) is -3.17. The molecule has 0 atom stereocenters. The van der Waals surface area contributed by atoms with E-state index < -0.39 is 12.3 Å². The highest BCUT2D eigenvalue weighted by molar-refractivity contribution is 5.93. The molecule has 0 aliphatic heterocycles. The van der Waals surface area contributed by atoms with Gasteiger partial charge in [-0.05, 0) is 11.6 Å². The summed E-state index contributed by atoms with van der Waals surface area (Å²) in [5.74, 6) is -0.851. The normalized spacial score (nSPS) is 11.6. The van der Waals surface area contributed by atoms with Crippen molar-refractivity contribution in [3.05, 3.63) is 83.5 Å². The lowest BCUT2D eigenvalue weighted by atomic mass is 10.1. The van der Waals surface area contributed by atoms with Crippen LogP contribution in [-0.4, -0.2) is 26.9 Å². The summed E-state index contributed by atoms with van der Waals surface area (Å²) in [4.78, 5) is 16.7. The Morgan fingerprint density at radius 3 is 2.60 bits per heavy atom. The molecular formula is C20H15F3N4O3. The summed E-state index contributed by atoms with van der Waals surface area (Å²) in [6, 6.07) is 15.0. The van der Waals surface area contributed by atoms with Crippen LogP contribution in [0.3, 0.4) is 0 Å². The fourth-order valence-corrected chi connectivity index (χ4v) is 2.98. The molecule has 0 radical (unpaired) electrons. The summed E-state index contributed by atoms with van der Waals surface area (Å²) >= 11 is 0. The first-order valence-corrected chi connectivity index (χ1v) is 8.88. The second kappa shape index (κ2) is 7.90. The molecule has 7 nitrogen and oxygen atoms in total. The number of rotatable bonds is 6. The number of carbonyl (C=O) groups is 1. The molecule has 0 spiro atoms. The molecule has 154 valence electrons. The molecule has 10 heteroatoms. The second-order valence-electron chi connectivity index (χ2n) is 6.33. The molecule has 1 N–H and O–H groups in total. The van der Waals surface area contributed by atoms with Gasteiger partial charge in [-0.15, -0.1) is 13.2 Å². The van der Waals surface area contributed by atoms with Gasteiger partial charge in [0.2, 0.25) is 5.76 Å². The number of ether oxygens (including phenoxy) is 1. The predicted octanol–water partition coefficient (Wildman–Crippen LogP) is 3.74. The van der Waals surface area contributed by atoms with Crippen LogP contribution in [0.2, 0.25) is 0 Å². The fourth-order valence-electron chi connectivity index (χ4n) is 2.98. The van der Waals surface area contributed by atoms with Gasteiger partial charge in [-0.25, -0.2) is 0 Å². The molecule has 1 amide bonds. The summed E-state index contributed by atoms with van der Waals surface area (Å²) in [6.45, 7) is -0.188. The maximum absolute atomic E-state index is 12.8. The average molecular weight is 416 g/mol. The molecule has 0 saturated carbocycles. The van der Waals surface area contributed by atoms with Crippen molar-refractivity contribution in [2.75, 3.05) is 0 Å². The predicted molar refractivity (Wildman–Crippen MR) is 98.8 cm³/mol. The summed E-state index contributed by atoms with van der Waals surface area (Å²) in [5.41, 5.74) is 1.57. The molecule has 4 aromatic rings. The van der Waals surface area contributed by atoms with Crippen molar-refractivity contribution >= 4 is 11.8 Å². The van der Waals surface area contributed by atoms with Crippen molar-refractivity contribution in [3.8, 4) is 5.75 Å². The summed E-state index contributed by atoms with van der Waals surface area (Å²) in [7, 11) is 0. The smallest absolute Gasteiger partial charge is 0.416 e. The zero-order valence-corrected chi connectivity index (χ0v) is 15.4. The van der Waals surface area contributed by atoms with Gasteiger partial charge in [0.25, 0.3) is 5.91 Å². The summed E-state index contributed by atoms with van der Waals surface area (Å²) in [5, 5.41) is 6.65. The molecule has 0 aliphatic rings. The minimum absolute atomic E-state index is 0.0105. The van der Waals surface area contributed by atoms with Gasteiger partial charge in [-0.1, -0.05) is 48.5 Å². The maximum Gasteiger partial charge on any atom is 0.573 e. The maximum atomic E-state index is 12.8. The van der Waals surface area contributed by atoms with E-state index in [4.69, 9.17) is 4.42 Å². The van der Waals surface area contributed by atoms with Crippen molar-refractivity contribution < 1.29 is 27.1 Å². The number of halogens is 3. The number of amides is 1. The Balaban J connectivity index is 1.56. The standard InChI is InChI=1S/C20H15F3N4O3/c21-20(22,23)30-16-9-5-4-8-14(16)11-24-18(28)17-15(10-13-6-2-1-3-7-13)27-19(29-17)25-12-26-27/h1-9,12H,10-11H2,(H,24,28). The molecule has 0 fully saturated rings. The molecular weight excluding hydrogens is 401 g/mol. The Morgan fingerprint density at radius 1 is 1.10 bits per heavy atom. The first-order chi connectivity index (χ1) is 14.4. The van der Waals surface area contributed by atoms with Gasteiger partial charge in [0.1, 0.15) is 17.8 Å². The van der Waals surface area contributed by atoms with Gasteiger partial charge in [-0.3, -0.25) is 4.79 Å². The Kier molecular flexibility index (Phi) is 5.13. The van der Waals surface area contributed by atoms with Crippen LogP contribution in [0.25, 0.3) is 5.84 Å². The van der Waals surface area contributed by atoms with E-state index in [0.717, 1.165) is 5.56 Å².